The van der Waals surface area contributed by atoms with E-state index in [0.29, 0.717) is 0 Å². The van der Waals surface area contributed by atoms with Gasteiger partial charge in [0.05, 0.1) is 0 Å². The zero-order valence-corrected chi connectivity index (χ0v) is 5.99. The van der Waals surface area contributed by atoms with E-state index < -0.39 is 0 Å². The van der Waals surface area contributed by atoms with Crippen LogP contribution in [0.15, 0.2) is 0 Å². The Bertz CT molecular complexity index is 11.2. The maximum absolute atomic E-state index is 1.69. The molecule has 0 aromatic rings. The van der Waals surface area contributed by atoms with Gasteiger partial charge in [0.1, 0.15) is 0 Å². The van der Waals surface area contributed by atoms with Gasteiger partial charge in [0, 0.05) is 0 Å². The number of hydrogen-bond donors (Lipinski definition) is 0. The Labute approximate surface area is 36.8 Å². The Morgan fingerprint density at radius 2 is 1.50 bits per heavy atom. The van der Waals surface area contributed by atoms with Crippen molar-refractivity contribution in [3.05, 3.63) is 0 Å². The molecule has 4 heavy (non-hydrogen) atoms. The van der Waals surface area contributed by atoms with E-state index in [1.165, 1.54) is 0 Å². The van der Waals surface area contributed by atoms with Crippen molar-refractivity contribution in [2.75, 3.05) is 0 Å². The summed E-state index contributed by atoms with van der Waals surface area (Å²) in [6, 6.07) is 0. The summed E-state index contributed by atoms with van der Waals surface area (Å²) in [7, 11) is 0. The second-order valence-corrected chi connectivity index (χ2v) is 6.16. The van der Waals surface area contributed by atoms with Gasteiger partial charge in [-0.2, -0.15) is 0 Å². The molecule has 0 aromatic heterocycles. The second kappa shape index (κ2) is 1.29. The van der Waals surface area contributed by atoms with Crippen molar-refractivity contribution in [3.8, 4) is 0 Å². The van der Waals surface area contributed by atoms with E-state index in [2.05, 4.69) is 0 Å². The first-order valence-electron chi connectivity index (χ1n) is 1.82. The van der Waals surface area contributed by atoms with Crippen LogP contribution < -0.4 is 0 Å². The summed E-state index contributed by atoms with van der Waals surface area (Å²) in [6.45, 7) is 0. The third kappa shape index (κ3) is 0.393. The van der Waals surface area contributed by atoms with Crippen LogP contribution in [0.1, 0.15) is 6.42 Å². The fourth-order valence-electron chi connectivity index (χ4n) is 0.204. The summed E-state index contributed by atoms with van der Waals surface area (Å²) < 4.78 is 3.38. The molecule has 23 valence electrons. The topological polar surface area (TPSA) is 0 Å². The normalized spacial score (nSPS) is 24.0. The predicted molar refractivity (Wildman–Crippen MR) is 21.4 cm³/mol. The van der Waals surface area contributed by atoms with Crippen LogP contribution in [0, 0.1) is 0 Å². The van der Waals surface area contributed by atoms with E-state index in [4.69, 9.17) is 0 Å². The van der Waals surface area contributed by atoms with Crippen molar-refractivity contribution in [1.82, 2.24) is 0 Å². The molecule has 0 aromatic carbocycles. The fourth-order valence-corrected chi connectivity index (χ4v) is 1.37. The van der Waals surface area contributed by atoms with E-state index in [9.17, 15) is 0 Å². The van der Waals surface area contributed by atoms with Gasteiger partial charge in [0.2, 0.25) is 0 Å². The molecule has 0 aliphatic carbocycles. The Morgan fingerprint density at radius 3 is 1.50 bits per heavy atom. The first kappa shape index (κ1) is 3.01. The Morgan fingerprint density at radius 1 is 1.25 bits per heavy atom. The van der Waals surface area contributed by atoms with Gasteiger partial charge in [0.15, 0.2) is 0 Å². The molecule has 0 saturated carbocycles. The summed E-state index contributed by atoms with van der Waals surface area (Å²) in [5.41, 5.74) is 0. The maximum atomic E-state index is 1.69. The molecule has 0 amide bonds. The molecular formula is C3H7Sn. The Hall–Kier alpha value is 0.799. The molecule has 1 heterocycles. The summed E-state index contributed by atoms with van der Waals surface area (Å²) in [5, 5.41) is 0. The van der Waals surface area contributed by atoms with Crippen molar-refractivity contribution in [2.45, 2.75) is 15.3 Å². The van der Waals surface area contributed by atoms with E-state index in [1.807, 2.05) is 0 Å². The molecule has 1 saturated heterocycles. The zero-order valence-electron chi connectivity index (χ0n) is 2.70. The average molecular weight is 162 g/mol. The molecule has 1 fully saturated rings. The molecule has 0 atom stereocenters. The van der Waals surface area contributed by atoms with Crippen LogP contribution in [0.5, 0.6) is 0 Å². The van der Waals surface area contributed by atoms with Gasteiger partial charge in [-0.25, -0.2) is 0 Å². The van der Waals surface area contributed by atoms with Gasteiger partial charge in [0.25, 0.3) is 0 Å². The Balaban J connectivity index is 2.00. The summed E-state index contributed by atoms with van der Waals surface area (Å²) in [5.74, 6) is 0. The predicted octanol–water partition coefficient (Wildman–Crippen LogP) is 0.663. The van der Waals surface area contributed by atoms with Crippen LogP contribution in [-0.4, -0.2) is 21.1 Å². The van der Waals surface area contributed by atoms with Gasteiger partial charge in [-0.1, -0.05) is 0 Å². The van der Waals surface area contributed by atoms with Crippen molar-refractivity contribution in [1.29, 1.82) is 0 Å². The van der Waals surface area contributed by atoms with Gasteiger partial charge in [-0.15, -0.1) is 0 Å². The summed E-state index contributed by atoms with van der Waals surface area (Å²) >= 11 is 0.276. The third-order valence-electron chi connectivity index (χ3n) is 0.816. The van der Waals surface area contributed by atoms with E-state index in [-0.39, 0.29) is 21.1 Å². The van der Waals surface area contributed by atoms with Crippen molar-refractivity contribution < 1.29 is 0 Å². The van der Waals surface area contributed by atoms with Crippen LogP contribution in [0.3, 0.4) is 0 Å². The first-order chi connectivity index (χ1) is 2.00. The molecule has 1 radical (unpaired) electrons. The van der Waals surface area contributed by atoms with Crippen molar-refractivity contribution in [3.63, 3.8) is 0 Å². The van der Waals surface area contributed by atoms with Gasteiger partial charge in [-0.3, -0.25) is 0 Å². The summed E-state index contributed by atoms with van der Waals surface area (Å²) in [4.78, 5) is 0. The molecule has 1 aliphatic rings. The minimum absolute atomic E-state index is 0.276. The standard InChI is InChI=1S/C3H6.Sn.H/c1-3-2;;/h1-3H2;;. The van der Waals surface area contributed by atoms with Crippen molar-refractivity contribution >= 4 is 21.1 Å². The SMILES string of the molecule is C1[CH2][SnH][CH2]1. The van der Waals surface area contributed by atoms with Gasteiger partial charge < -0.3 is 0 Å². The minimum atomic E-state index is 0.276. The molecule has 1 rings (SSSR count). The van der Waals surface area contributed by atoms with Crippen LogP contribution >= 0.6 is 0 Å². The van der Waals surface area contributed by atoms with Gasteiger partial charge in [-0.05, 0) is 0 Å². The van der Waals surface area contributed by atoms with Crippen molar-refractivity contribution in [2.24, 2.45) is 0 Å². The van der Waals surface area contributed by atoms with E-state index >= 15 is 0 Å². The molecule has 0 unspecified atom stereocenters. The molecule has 0 N–H and O–H groups in total. The fraction of sp³-hybridized carbons (Fsp3) is 1.00. The summed E-state index contributed by atoms with van der Waals surface area (Å²) in [6.07, 6.45) is 1.58. The molecule has 0 spiro atoms. The average Bonchev–Trinajstić information content (AvgIpc) is 0.722. The molecule has 0 nitrogen and oxygen atoms in total. The van der Waals surface area contributed by atoms with Gasteiger partial charge >= 0.3 is 36.4 Å². The number of hydrogen-bond acceptors (Lipinski definition) is 0. The molecule has 1 aliphatic heterocycles. The molecule has 0 bridgehead atoms. The molecule has 1 heteroatoms. The van der Waals surface area contributed by atoms with Crippen LogP contribution in [0.2, 0.25) is 8.87 Å². The first-order valence-corrected chi connectivity index (χ1v) is 6.48. The van der Waals surface area contributed by atoms with Crippen LogP contribution in [0.25, 0.3) is 0 Å². The van der Waals surface area contributed by atoms with Crippen LogP contribution in [0.4, 0.5) is 0 Å². The van der Waals surface area contributed by atoms with Crippen LogP contribution in [-0.2, 0) is 0 Å². The second-order valence-electron chi connectivity index (χ2n) is 1.22. The quantitative estimate of drug-likeness (QED) is 0.459. The zero-order chi connectivity index (χ0) is 2.83. The monoisotopic (exact) mass is 163 g/mol. The third-order valence-corrected chi connectivity index (χ3v) is 5.48. The van der Waals surface area contributed by atoms with E-state index in [0.717, 1.165) is 0 Å². The number of rotatable bonds is 0. The molecular weight excluding hydrogens is 155 g/mol. The Kier molecular flexibility index (Phi) is 0.971. The van der Waals surface area contributed by atoms with E-state index in [1.54, 1.807) is 15.3 Å².